The highest BCUT2D eigenvalue weighted by molar-refractivity contribution is 6.00. The van der Waals surface area contributed by atoms with Crippen LogP contribution in [0, 0.1) is 5.92 Å². The summed E-state index contributed by atoms with van der Waals surface area (Å²) in [6, 6.07) is 5.00. The molecule has 1 aromatic rings. The maximum Gasteiger partial charge on any atom is 0.407 e. The Bertz CT molecular complexity index is 815. The van der Waals surface area contributed by atoms with Crippen LogP contribution in [0.4, 0.5) is 10.5 Å². The van der Waals surface area contributed by atoms with Crippen molar-refractivity contribution in [2.75, 3.05) is 18.4 Å². The van der Waals surface area contributed by atoms with E-state index in [2.05, 4.69) is 16.0 Å². The van der Waals surface area contributed by atoms with Gasteiger partial charge in [-0.3, -0.25) is 14.4 Å². The number of hydrogen-bond acceptors (Lipinski definition) is 5. The van der Waals surface area contributed by atoms with Crippen LogP contribution in [-0.4, -0.2) is 47.7 Å². The number of carboxylic acid groups (broad SMARTS) is 1. The molecule has 2 rings (SSSR count). The summed E-state index contributed by atoms with van der Waals surface area (Å²) in [6.45, 7) is 6.28. The van der Waals surface area contributed by atoms with Gasteiger partial charge in [0.15, 0.2) is 0 Å². The third-order valence-electron chi connectivity index (χ3n) is 4.45. The maximum absolute atomic E-state index is 12.3. The number of nitrogens with one attached hydrogen (secondary N) is 3. The third kappa shape index (κ3) is 7.38. The Morgan fingerprint density at radius 1 is 1.17 bits per heavy atom. The molecule has 0 aromatic heterocycles. The number of hydrogen-bond donors (Lipinski definition) is 4. The zero-order valence-corrected chi connectivity index (χ0v) is 17.5. The van der Waals surface area contributed by atoms with Crippen molar-refractivity contribution in [3.63, 3.8) is 0 Å². The van der Waals surface area contributed by atoms with Gasteiger partial charge < -0.3 is 25.8 Å². The number of ether oxygens (including phenoxy) is 1. The van der Waals surface area contributed by atoms with Crippen LogP contribution in [0.5, 0.6) is 0 Å². The Kier molecular flexibility index (Phi) is 7.79. The van der Waals surface area contributed by atoms with Crippen molar-refractivity contribution in [3.05, 3.63) is 29.3 Å². The van der Waals surface area contributed by atoms with Gasteiger partial charge >= 0.3 is 12.1 Å². The fourth-order valence-electron chi connectivity index (χ4n) is 3.04. The van der Waals surface area contributed by atoms with E-state index in [1.165, 1.54) is 0 Å². The van der Waals surface area contributed by atoms with Crippen molar-refractivity contribution in [2.24, 2.45) is 5.92 Å². The number of fused-ring (bicyclic) bond motifs is 1. The van der Waals surface area contributed by atoms with E-state index in [1.807, 2.05) is 0 Å². The number of unbranched alkanes of at least 4 members (excludes halogenated alkanes) is 1. The van der Waals surface area contributed by atoms with Gasteiger partial charge in [-0.1, -0.05) is 6.07 Å². The van der Waals surface area contributed by atoms with Crippen molar-refractivity contribution in [1.29, 1.82) is 0 Å². The monoisotopic (exact) mass is 419 g/mol. The number of aliphatic carboxylic acids is 1. The first-order valence-electron chi connectivity index (χ1n) is 9.96. The van der Waals surface area contributed by atoms with Crippen LogP contribution in [-0.2, 0) is 20.7 Å². The van der Waals surface area contributed by atoms with E-state index >= 15 is 0 Å². The molecular formula is C21H29N3O6. The first kappa shape index (κ1) is 23.2. The number of rotatable bonds is 8. The Labute approximate surface area is 175 Å². The molecule has 1 aliphatic heterocycles. The normalized spacial score (nSPS) is 15.6. The van der Waals surface area contributed by atoms with Crippen LogP contribution in [0.2, 0.25) is 0 Å². The molecular weight excluding hydrogens is 390 g/mol. The van der Waals surface area contributed by atoms with Crippen molar-refractivity contribution in [2.45, 2.75) is 52.1 Å². The minimum atomic E-state index is -1.02. The summed E-state index contributed by atoms with van der Waals surface area (Å²) < 4.78 is 5.14. The molecule has 0 saturated heterocycles. The van der Waals surface area contributed by atoms with Crippen LogP contribution in [0.1, 0.15) is 56.0 Å². The fourth-order valence-corrected chi connectivity index (χ4v) is 3.04. The fraction of sp³-hybridized carbons (Fsp3) is 0.524. The molecule has 9 heteroatoms. The molecule has 1 aliphatic rings. The summed E-state index contributed by atoms with van der Waals surface area (Å²) >= 11 is 0. The predicted molar refractivity (Wildman–Crippen MR) is 110 cm³/mol. The van der Waals surface area contributed by atoms with Gasteiger partial charge in [0.1, 0.15) is 5.60 Å². The standard InChI is InChI=1S/C21H29N3O6/c1-21(2,3)30-20(29)23-9-5-4-8-22-18(27)14-7-6-13-10-15(12-17(25)26)19(28)24-16(13)11-14/h6-7,11,15H,4-5,8-10,12H2,1-3H3,(H,22,27)(H,23,29)(H,24,28)(H,25,26). The molecule has 1 atom stereocenters. The van der Waals surface area contributed by atoms with Gasteiger partial charge in [-0.05, 0) is 57.7 Å². The Balaban J connectivity index is 1.75. The van der Waals surface area contributed by atoms with Crippen molar-refractivity contribution >= 4 is 29.6 Å². The summed E-state index contributed by atoms with van der Waals surface area (Å²) in [7, 11) is 0. The van der Waals surface area contributed by atoms with Crippen LogP contribution < -0.4 is 16.0 Å². The van der Waals surface area contributed by atoms with Gasteiger partial charge in [0.25, 0.3) is 5.91 Å². The molecule has 0 radical (unpaired) electrons. The van der Waals surface area contributed by atoms with Crippen molar-refractivity contribution < 1.29 is 29.0 Å². The van der Waals surface area contributed by atoms with Gasteiger partial charge in [-0.15, -0.1) is 0 Å². The number of carbonyl (C=O) groups is 4. The number of amides is 3. The van der Waals surface area contributed by atoms with E-state index in [4.69, 9.17) is 9.84 Å². The van der Waals surface area contributed by atoms with E-state index in [0.717, 1.165) is 5.56 Å². The lowest BCUT2D eigenvalue weighted by Gasteiger charge is -2.24. The summed E-state index contributed by atoms with van der Waals surface area (Å²) in [5, 5.41) is 17.1. The highest BCUT2D eigenvalue weighted by Crippen LogP contribution is 2.28. The van der Waals surface area contributed by atoms with E-state index in [-0.39, 0.29) is 18.2 Å². The maximum atomic E-state index is 12.3. The van der Waals surface area contributed by atoms with E-state index in [1.54, 1.807) is 39.0 Å². The first-order chi connectivity index (χ1) is 14.0. The van der Waals surface area contributed by atoms with Gasteiger partial charge in [-0.2, -0.15) is 0 Å². The molecule has 9 nitrogen and oxygen atoms in total. The van der Waals surface area contributed by atoms with Gasteiger partial charge in [0, 0.05) is 24.3 Å². The quantitative estimate of drug-likeness (QED) is 0.478. The van der Waals surface area contributed by atoms with E-state index in [0.29, 0.717) is 43.6 Å². The number of anilines is 1. The van der Waals surface area contributed by atoms with E-state index in [9.17, 15) is 19.2 Å². The minimum absolute atomic E-state index is 0.226. The number of alkyl carbamates (subject to hydrolysis) is 1. The summed E-state index contributed by atoms with van der Waals surface area (Å²) in [5.74, 6) is -2.24. The molecule has 0 fully saturated rings. The molecule has 0 aliphatic carbocycles. The molecule has 30 heavy (non-hydrogen) atoms. The van der Waals surface area contributed by atoms with Gasteiger partial charge in [0.2, 0.25) is 5.91 Å². The highest BCUT2D eigenvalue weighted by Gasteiger charge is 2.28. The second-order valence-corrected chi connectivity index (χ2v) is 8.25. The third-order valence-corrected chi connectivity index (χ3v) is 4.45. The number of benzene rings is 1. The smallest absolute Gasteiger partial charge is 0.407 e. The molecule has 164 valence electrons. The Hall–Kier alpha value is -3.10. The Morgan fingerprint density at radius 3 is 2.47 bits per heavy atom. The van der Waals surface area contributed by atoms with Crippen LogP contribution in [0.25, 0.3) is 0 Å². The molecule has 4 N–H and O–H groups in total. The van der Waals surface area contributed by atoms with Crippen LogP contribution in [0.3, 0.4) is 0 Å². The van der Waals surface area contributed by atoms with Crippen LogP contribution in [0.15, 0.2) is 18.2 Å². The molecule has 3 amide bonds. The zero-order valence-electron chi connectivity index (χ0n) is 17.5. The zero-order chi connectivity index (χ0) is 22.3. The van der Waals surface area contributed by atoms with Crippen molar-refractivity contribution in [3.8, 4) is 0 Å². The lowest BCUT2D eigenvalue weighted by molar-refractivity contribution is -0.140. The molecule has 1 heterocycles. The average molecular weight is 419 g/mol. The SMILES string of the molecule is CC(C)(C)OC(=O)NCCCCNC(=O)c1ccc2c(c1)NC(=O)C(CC(=O)O)C2. The number of carboxylic acids is 1. The summed E-state index contributed by atoms with van der Waals surface area (Å²) in [4.78, 5) is 46.8. The molecule has 0 spiro atoms. The minimum Gasteiger partial charge on any atom is -0.481 e. The molecule has 0 saturated carbocycles. The van der Waals surface area contributed by atoms with Gasteiger partial charge in [0.05, 0.1) is 12.3 Å². The predicted octanol–water partition coefficient (Wildman–Crippen LogP) is 2.31. The topological polar surface area (TPSA) is 134 Å². The molecule has 0 bridgehead atoms. The first-order valence-corrected chi connectivity index (χ1v) is 9.96. The molecule has 1 unspecified atom stereocenters. The number of carbonyl (C=O) groups excluding carboxylic acids is 3. The largest absolute Gasteiger partial charge is 0.481 e. The highest BCUT2D eigenvalue weighted by atomic mass is 16.6. The van der Waals surface area contributed by atoms with Gasteiger partial charge in [-0.25, -0.2) is 4.79 Å². The summed E-state index contributed by atoms with van der Waals surface area (Å²) in [5.41, 5.74) is 1.22. The second-order valence-electron chi connectivity index (χ2n) is 8.25. The lowest BCUT2D eigenvalue weighted by Crippen LogP contribution is -2.33. The van der Waals surface area contributed by atoms with E-state index < -0.39 is 23.6 Å². The second kappa shape index (κ2) is 10.1. The Morgan fingerprint density at radius 2 is 1.83 bits per heavy atom. The lowest BCUT2D eigenvalue weighted by atomic mass is 9.90. The molecule has 1 aromatic carbocycles. The van der Waals surface area contributed by atoms with Crippen LogP contribution >= 0.6 is 0 Å². The average Bonchev–Trinajstić information content (AvgIpc) is 2.62. The summed E-state index contributed by atoms with van der Waals surface area (Å²) in [6.07, 6.45) is 1.01. The van der Waals surface area contributed by atoms with Crippen molar-refractivity contribution in [1.82, 2.24) is 10.6 Å².